The van der Waals surface area contributed by atoms with E-state index in [0.717, 1.165) is 28.1 Å². The van der Waals surface area contributed by atoms with E-state index < -0.39 is 0 Å². The van der Waals surface area contributed by atoms with Gasteiger partial charge in [0.2, 0.25) is 0 Å². The van der Waals surface area contributed by atoms with Crippen LogP contribution in [0.2, 0.25) is 10.0 Å². The summed E-state index contributed by atoms with van der Waals surface area (Å²) >= 11 is 14.1. The van der Waals surface area contributed by atoms with Crippen LogP contribution < -0.4 is 10.2 Å². The van der Waals surface area contributed by atoms with Gasteiger partial charge >= 0.3 is 0 Å². The third-order valence-electron chi connectivity index (χ3n) is 5.73. The molecule has 0 unspecified atom stereocenters. The summed E-state index contributed by atoms with van der Waals surface area (Å²) in [5.41, 5.74) is 5.71. The summed E-state index contributed by atoms with van der Waals surface area (Å²) < 4.78 is 0. The first-order valence-corrected chi connectivity index (χ1v) is 11.5. The van der Waals surface area contributed by atoms with Crippen LogP contribution in [0, 0.1) is 6.92 Å². The van der Waals surface area contributed by atoms with Gasteiger partial charge in [0.1, 0.15) is 0 Å². The van der Waals surface area contributed by atoms with Crippen LogP contribution in [0.5, 0.6) is 0 Å². The van der Waals surface area contributed by atoms with Crippen molar-refractivity contribution in [3.63, 3.8) is 0 Å². The molecule has 0 radical (unpaired) electrons. The minimum absolute atomic E-state index is 0.0919. The van der Waals surface area contributed by atoms with Crippen molar-refractivity contribution in [2.45, 2.75) is 33.2 Å². The Kier molecular flexibility index (Phi) is 5.71. The molecular formula is C24H23Cl2N3OS. The number of carbonyl (C=O) groups excluding carboxylic acids is 1. The number of carbonyl (C=O) groups is 1. The predicted octanol–water partition coefficient (Wildman–Crippen LogP) is 6.83. The summed E-state index contributed by atoms with van der Waals surface area (Å²) in [6.45, 7) is 8.35. The fourth-order valence-corrected chi connectivity index (χ4v) is 4.95. The summed E-state index contributed by atoms with van der Waals surface area (Å²) in [6.07, 6.45) is 4.07. The van der Waals surface area contributed by atoms with Crippen LogP contribution in [0.1, 0.15) is 37.5 Å². The van der Waals surface area contributed by atoms with E-state index in [2.05, 4.69) is 49.1 Å². The van der Waals surface area contributed by atoms with Gasteiger partial charge in [-0.3, -0.25) is 4.79 Å². The van der Waals surface area contributed by atoms with Gasteiger partial charge in [0.15, 0.2) is 5.17 Å². The molecule has 2 aliphatic rings. The molecule has 0 spiro atoms. The van der Waals surface area contributed by atoms with E-state index in [4.69, 9.17) is 23.2 Å². The summed E-state index contributed by atoms with van der Waals surface area (Å²) in [4.78, 5) is 19.9. The lowest BCUT2D eigenvalue weighted by Gasteiger charge is -2.40. The summed E-state index contributed by atoms with van der Waals surface area (Å²) in [5.74, 6) is -0.192. The number of amidine groups is 1. The Morgan fingerprint density at radius 2 is 1.90 bits per heavy atom. The molecule has 0 aliphatic carbocycles. The third-order valence-corrected chi connectivity index (χ3v) is 7.38. The molecule has 2 heterocycles. The number of benzene rings is 2. The molecule has 0 bridgehead atoms. The molecule has 0 saturated carbocycles. The number of rotatable bonds is 2. The minimum atomic E-state index is -0.192. The zero-order valence-corrected chi connectivity index (χ0v) is 20.3. The number of halogens is 2. The number of aliphatic imine (C=N–C) groups is 1. The number of nitrogens with zero attached hydrogens (tertiary/aromatic N) is 2. The van der Waals surface area contributed by atoms with Crippen LogP contribution in [0.25, 0.3) is 11.6 Å². The lowest BCUT2D eigenvalue weighted by molar-refractivity contribution is -0.115. The van der Waals surface area contributed by atoms with Crippen molar-refractivity contribution in [2.24, 2.45) is 4.99 Å². The molecule has 1 amide bonds. The maximum absolute atomic E-state index is 12.6. The topological polar surface area (TPSA) is 44.7 Å². The van der Waals surface area contributed by atoms with Crippen molar-refractivity contribution in [1.82, 2.24) is 5.32 Å². The average Bonchev–Trinajstić information content (AvgIpc) is 3.03. The Labute approximate surface area is 197 Å². The Balaban J connectivity index is 1.68. The van der Waals surface area contributed by atoms with Gasteiger partial charge in [0.25, 0.3) is 5.91 Å². The van der Waals surface area contributed by atoms with Gasteiger partial charge in [0, 0.05) is 28.3 Å². The van der Waals surface area contributed by atoms with Crippen molar-refractivity contribution in [1.29, 1.82) is 0 Å². The zero-order chi connectivity index (χ0) is 22.5. The number of amides is 1. The maximum Gasteiger partial charge on any atom is 0.264 e. The lowest BCUT2D eigenvalue weighted by atomic mass is 9.88. The Morgan fingerprint density at radius 3 is 2.65 bits per heavy atom. The van der Waals surface area contributed by atoms with Gasteiger partial charge in [-0.1, -0.05) is 35.3 Å². The molecule has 160 valence electrons. The van der Waals surface area contributed by atoms with Crippen LogP contribution in [0.15, 0.2) is 46.3 Å². The van der Waals surface area contributed by atoms with E-state index in [0.29, 0.717) is 20.1 Å². The fraction of sp³-hybridized carbons (Fsp3) is 0.250. The molecule has 0 atom stereocenters. The number of anilines is 1. The summed E-state index contributed by atoms with van der Waals surface area (Å²) in [5, 5.41) is 4.60. The minimum Gasteiger partial charge on any atom is -0.365 e. The van der Waals surface area contributed by atoms with Crippen molar-refractivity contribution < 1.29 is 4.79 Å². The summed E-state index contributed by atoms with van der Waals surface area (Å²) in [7, 11) is 2.07. The number of fused-ring (bicyclic) bond motifs is 1. The molecule has 31 heavy (non-hydrogen) atoms. The second kappa shape index (κ2) is 8.05. The molecule has 7 heteroatoms. The third kappa shape index (κ3) is 4.14. The van der Waals surface area contributed by atoms with E-state index in [1.54, 1.807) is 0 Å². The van der Waals surface area contributed by atoms with E-state index >= 15 is 0 Å². The van der Waals surface area contributed by atoms with Crippen LogP contribution in [0.4, 0.5) is 11.4 Å². The van der Waals surface area contributed by atoms with Gasteiger partial charge in [-0.05, 0) is 86.5 Å². The van der Waals surface area contributed by atoms with Crippen molar-refractivity contribution >= 4 is 69.1 Å². The molecule has 1 fully saturated rings. The molecule has 4 rings (SSSR count). The first kappa shape index (κ1) is 22.0. The lowest BCUT2D eigenvalue weighted by Crippen LogP contribution is -2.42. The Hall–Kier alpha value is -2.21. The fourth-order valence-electron chi connectivity index (χ4n) is 3.75. The SMILES string of the molecule is CC1=CC(C)(C)N(C)c2cc(Cl)c(/C=C3\SC(=Nc4cccc(Cl)c4C)NC3=O)cc21. The van der Waals surface area contributed by atoms with Gasteiger partial charge in [-0.2, -0.15) is 0 Å². The number of hydrogen-bond acceptors (Lipinski definition) is 4. The van der Waals surface area contributed by atoms with Crippen LogP contribution in [-0.4, -0.2) is 23.7 Å². The number of nitrogens with one attached hydrogen (secondary N) is 1. The van der Waals surface area contributed by atoms with Crippen LogP contribution in [0.3, 0.4) is 0 Å². The molecular weight excluding hydrogens is 449 g/mol. The average molecular weight is 472 g/mol. The standard InChI is InChI=1S/C24H23Cl2N3OS/c1-13-12-24(3,4)29(5)20-11-18(26)15(9-16(13)20)10-21-22(30)28-23(31-21)27-19-8-6-7-17(25)14(19)2/h6-12H,1-5H3,(H,27,28,30)/b21-10-. The predicted molar refractivity (Wildman–Crippen MR) is 135 cm³/mol. The second-order valence-corrected chi connectivity index (χ2v) is 10.1. The first-order chi connectivity index (χ1) is 14.6. The zero-order valence-electron chi connectivity index (χ0n) is 18.0. The molecule has 2 aliphatic heterocycles. The molecule has 0 aromatic heterocycles. The van der Waals surface area contributed by atoms with E-state index in [1.165, 1.54) is 17.3 Å². The number of thioether (sulfide) groups is 1. The monoisotopic (exact) mass is 471 g/mol. The molecule has 1 N–H and O–H groups in total. The molecule has 2 aromatic carbocycles. The van der Waals surface area contributed by atoms with E-state index in [9.17, 15) is 4.79 Å². The van der Waals surface area contributed by atoms with Crippen molar-refractivity contribution in [3.05, 3.63) is 68.0 Å². The highest BCUT2D eigenvalue weighted by Crippen LogP contribution is 2.41. The number of likely N-dealkylation sites (N-methyl/N-ethyl adjacent to an activating group) is 1. The van der Waals surface area contributed by atoms with Crippen molar-refractivity contribution in [3.8, 4) is 0 Å². The van der Waals surface area contributed by atoms with Gasteiger partial charge < -0.3 is 10.2 Å². The highest BCUT2D eigenvalue weighted by atomic mass is 35.5. The van der Waals surface area contributed by atoms with Crippen molar-refractivity contribution in [2.75, 3.05) is 11.9 Å². The Bertz CT molecular complexity index is 1200. The first-order valence-electron chi connectivity index (χ1n) is 9.89. The smallest absolute Gasteiger partial charge is 0.264 e. The van der Waals surface area contributed by atoms with Crippen LogP contribution in [-0.2, 0) is 4.79 Å². The number of allylic oxidation sites excluding steroid dienone is 1. The maximum atomic E-state index is 12.6. The molecule has 1 saturated heterocycles. The second-order valence-electron chi connectivity index (χ2n) is 8.30. The molecule has 2 aromatic rings. The highest BCUT2D eigenvalue weighted by molar-refractivity contribution is 8.18. The van der Waals surface area contributed by atoms with Gasteiger partial charge in [-0.25, -0.2) is 4.99 Å². The van der Waals surface area contributed by atoms with E-state index in [1.807, 2.05) is 43.3 Å². The van der Waals surface area contributed by atoms with Gasteiger partial charge in [0.05, 0.1) is 16.1 Å². The Morgan fingerprint density at radius 1 is 1.16 bits per heavy atom. The number of hydrogen-bond donors (Lipinski definition) is 1. The van der Waals surface area contributed by atoms with Crippen LogP contribution >= 0.6 is 35.0 Å². The highest BCUT2D eigenvalue weighted by Gasteiger charge is 2.30. The summed E-state index contributed by atoms with van der Waals surface area (Å²) in [6, 6.07) is 9.55. The molecule has 4 nitrogen and oxygen atoms in total. The largest absolute Gasteiger partial charge is 0.365 e. The normalized spacial score (nSPS) is 20.2. The van der Waals surface area contributed by atoms with Gasteiger partial charge in [-0.15, -0.1) is 0 Å². The quantitative estimate of drug-likeness (QED) is 0.488. The van der Waals surface area contributed by atoms with E-state index in [-0.39, 0.29) is 11.4 Å².